The van der Waals surface area contributed by atoms with Gasteiger partial charge >= 0.3 is 0 Å². The molecular weight excluding hydrogens is 444 g/mol. The Morgan fingerprint density at radius 3 is 2.91 bits per heavy atom. The molecule has 7 nitrogen and oxygen atoms in total. The second kappa shape index (κ2) is 8.71. The Bertz CT molecular complexity index is 1310. The Hall–Kier alpha value is -2.65. The first-order valence-corrected chi connectivity index (χ1v) is 12.4. The number of thiophene rings is 1. The summed E-state index contributed by atoms with van der Waals surface area (Å²) in [6.45, 7) is 4.25. The van der Waals surface area contributed by atoms with Gasteiger partial charge in [-0.1, -0.05) is 30.8 Å². The van der Waals surface area contributed by atoms with Gasteiger partial charge in [0, 0.05) is 4.88 Å². The molecule has 0 amide bonds. The average molecular weight is 469 g/mol. The minimum absolute atomic E-state index is 0.0461. The van der Waals surface area contributed by atoms with E-state index < -0.39 is 0 Å². The molecule has 0 saturated carbocycles. The SMILES string of the molecule is COc1ccc(Cc2nnc(SC(C)c3nc4sc5c(c4c(=O)[nH]3)CCC(C)C5)o2)cc1. The number of nitrogens with zero attached hydrogens (tertiary/aromatic N) is 3. The van der Waals surface area contributed by atoms with Crippen LogP contribution in [0.5, 0.6) is 5.75 Å². The molecule has 0 fully saturated rings. The molecule has 4 aromatic rings. The Labute approximate surface area is 193 Å². The summed E-state index contributed by atoms with van der Waals surface area (Å²) in [5.41, 5.74) is 2.21. The van der Waals surface area contributed by atoms with Gasteiger partial charge in [0.1, 0.15) is 16.4 Å². The molecule has 3 aromatic heterocycles. The van der Waals surface area contributed by atoms with Crippen LogP contribution in [0.25, 0.3) is 10.2 Å². The topological polar surface area (TPSA) is 93.9 Å². The highest BCUT2D eigenvalue weighted by Crippen LogP contribution is 2.37. The molecule has 0 saturated heterocycles. The molecule has 0 spiro atoms. The summed E-state index contributed by atoms with van der Waals surface area (Å²) in [7, 11) is 1.64. The molecule has 5 rings (SSSR count). The van der Waals surface area contributed by atoms with E-state index in [9.17, 15) is 4.79 Å². The molecular formula is C23H24N4O3S2. The van der Waals surface area contributed by atoms with Crippen molar-refractivity contribution in [2.75, 3.05) is 7.11 Å². The van der Waals surface area contributed by atoms with Gasteiger partial charge in [-0.2, -0.15) is 0 Å². The van der Waals surface area contributed by atoms with Crippen LogP contribution in [0.4, 0.5) is 0 Å². The van der Waals surface area contributed by atoms with E-state index in [1.165, 1.54) is 22.2 Å². The quantitative estimate of drug-likeness (QED) is 0.400. The van der Waals surface area contributed by atoms with E-state index in [0.717, 1.165) is 40.8 Å². The van der Waals surface area contributed by atoms with E-state index >= 15 is 0 Å². The number of ether oxygens (including phenoxy) is 1. The number of rotatable bonds is 6. The van der Waals surface area contributed by atoms with Gasteiger partial charge in [0.15, 0.2) is 0 Å². The van der Waals surface area contributed by atoms with Crippen molar-refractivity contribution in [1.29, 1.82) is 0 Å². The monoisotopic (exact) mass is 468 g/mol. The summed E-state index contributed by atoms with van der Waals surface area (Å²) in [6.07, 6.45) is 3.67. The zero-order valence-corrected chi connectivity index (χ0v) is 19.8. The van der Waals surface area contributed by atoms with Gasteiger partial charge in [-0.3, -0.25) is 4.79 Å². The highest BCUT2D eigenvalue weighted by Gasteiger charge is 2.24. The molecule has 0 radical (unpaired) electrons. The van der Waals surface area contributed by atoms with Crippen molar-refractivity contribution < 1.29 is 9.15 Å². The number of fused-ring (bicyclic) bond motifs is 3. The molecule has 0 aliphatic heterocycles. The normalized spacial score (nSPS) is 16.8. The van der Waals surface area contributed by atoms with Crippen molar-refractivity contribution in [3.05, 3.63) is 62.3 Å². The molecule has 1 N–H and O–H groups in total. The lowest BCUT2D eigenvalue weighted by atomic mass is 9.89. The van der Waals surface area contributed by atoms with Crippen molar-refractivity contribution in [2.45, 2.75) is 50.0 Å². The maximum absolute atomic E-state index is 12.9. The highest BCUT2D eigenvalue weighted by molar-refractivity contribution is 7.99. The zero-order valence-electron chi connectivity index (χ0n) is 18.2. The van der Waals surface area contributed by atoms with Crippen molar-refractivity contribution in [1.82, 2.24) is 20.2 Å². The summed E-state index contributed by atoms with van der Waals surface area (Å²) in [6, 6.07) is 7.77. The third-order valence-electron chi connectivity index (χ3n) is 5.81. The van der Waals surface area contributed by atoms with Crippen LogP contribution in [0.2, 0.25) is 0 Å². The number of aromatic amines is 1. The Kier molecular flexibility index (Phi) is 5.77. The Morgan fingerprint density at radius 1 is 1.31 bits per heavy atom. The zero-order chi connectivity index (χ0) is 22.2. The van der Waals surface area contributed by atoms with Gasteiger partial charge in [0.25, 0.3) is 10.8 Å². The third kappa shape index (κ3) is 4.19. The fourth-order valence-corrected chi connectivity index (χ4v) is 6.19. The number of aromatic nitrogens is 4. The standard InChI is InChI=1S/C23H24N4O3S2/c1-12-4-9-16-17(10-12)32-22-19(16)21(28)24-20(25-22)13(2)31-23-27-26-18(30-23)11-14-5-7-15(29-3)8-6-14/h5-8,12-13H,4,9-11H2,1-3H3,(H,24,25,28). The average Bonchev–Trinajstić information content (AvgIpc) is 3.37. The van der Waals surface area contributed by atoms with Crippen molar-refractivity contribution in [3.63, 3.8) is 0 Å². The number of H-pyrrole nitrogens is 1. The van der Waals surface area contributed by atoms with Crippen LogP contribution in [0.15, 0.2) is 38.7 Å². The van der Waals surface area contributed by atoms with Crippen LogP contribution in [0.1, 0.15) is 53.2 Å². The lowest BCUT2D eigenvalue weighted by Gasteiger charge is -2.17. The molecule has 2 unspecified atom stereocenters. The number of benzene rings is 1. The van der Waals surface area contributed by atoms with Gasteiger partial charge in [0.2, 0.25) is 5.89 Å². The number of thioether (sulfide) groups is 1. The first-order valence-electron chi connectivity index (χ1n) is 10.7. The number of nitrogens with one attached hydrogen (secondary N) is 1. The molecule has 0 bridgehead atoms. The second-order valence-corrected chi connectivity index (χ2v) is 10.6. The van der Waals surface area contributed by atoms with Crippen molar-refractivity contribution in [2.24, 2.45) is 5.92 Å². The van der Waals surface area contributed by atoms with Crippen LogP contribution in [0.3, 0.4) is 0 Å². The molecule has 1 aliphatic rings. The van der Waals surface area contributed by atoms with E-state index in [2.05, 4.69) is 22.1 Å². The van der Waals surface area contributed by atoms with Gasteiger partial charge in [-0.05, 0) is 55.4 Å². The first kappa shape index (κ1) is 21.2. The summed E-state index contributed by atoms with van der Waals surface area (Å²) < 4.78 is 11.0. The molecule has 2 atom stereocenters. The van der Waals surface area contributed by atoms with Gasteiger partial charge < -0.3 is 14.1 Å². The largest absolute Gasteiger partial charge is 0.497 e. The maximum Gasteiger partial charge on any atom is 0.277 e. The first-order chi connectivity index (χ1) is 15.5. The van der Waals surface area contributed by atoms with E-state index in [0.29, 0.717) is 29.3 Å². The predicted octanol–water partition coefficient (Wildman–Crippen LogP) is 4.95. The smallest absolute Gasteiger partial charge is 0.277 e. The Balaban J connectivity index is 1.32. The number of aryl methyl sites for hydroxylation is 1. The summed E-state index contributed by atoms with van der Waals surface area (Å²) >= 11 is 3.06. The molecule has 9 heteroatoms. The maximum atomic E-state index is 12.9. The van der Waals surface area contributed by atoms with Gasteiger partial charge in [-0.15, -0.1) is 21.5 Å². The number of methoxy groups -OCH3 is 1. The lowest BCUT2D eigenvalue weighted by molar-refractivity contribution is 0.413. The minimum atomic E-state index is -0.126. The van der Waals surface area contributed by atoms with Gasteiger partial charge in [-0.25, -0.2) is 4.98 Å². The fourth-order valence-electron chi connectivity index (χ4n) is 4.04. The van der Waals surface area contributed by atoms with E-state index in [4.69, 9.17) is 14.1 Å². The highest BCUT2D eigenvalue weighted by atomic mass is 32.2. The number of hydrogen-bond donors (Lipinski definition) is 1. The van der Waals surface area contributed by atoms with E-state index in [1.54, 1.807) is 18.4 Å². The summed E-state index contributed by atoms with van der Waals surface area (Å²) in [5, 5.41) is 9.43. The number of hydrogen-bond acceptors (Lipinski definition) is 8. The molecule has 32 heavy (non-hydrogen) atoms. The fraction of sp³-hybridized carbons (Fsp3) is 0.391. The van der Waals surface area contributed by atoms with Gasteiger partial charge in [0.05, 0.1) is 24.2 Å². The van der Waals surface area contributed by atoms with E-state index in [-0.39, 0.29) is 10.8 Å². The lowest BCUT2D eigenvalue weighted by Crippen LogP contribution is -2.15. The summed E-state index contributed by atoms with van der Waals surface area (Å²) in [5.74, 6) is 2.65. The van der Waals surface area contributed by atoms with Crippen LogP contribution >= 0.6 is 23.1 Å². The van der Waals surface area contributed by atoms with Crippen LogP contribution in [-0.4, -0.2) is 27.3 Å². The third-order valence-corrected chi connectivity index (χ3v) is 7.90. The van der Waals surface area contributed by atoms with Crippen LogP contribution in [-0.2, 0) is 19.3 Å². The predicted molar refractivity (Wildman–Crippen MR) is 126 cm³/mol. The van der Waals surface area contributed by atoms with Crippen molar-refractivity contribution in [3.8, 4) is 5.75 Å². The van der Waals surface area contributed by atoms with Crippen molar-refractivity contribution >= 4 is 33.3 Å². The Morgan fingerprint density at radius 2 is 2.12 bits per heavy atom. The molecule has 166 valence electrons. The molecule has 3 heterocycles. The second-order valence-electron chi connectivity index (χ2n) is 8.23. The minimum Gasteiger partial charge on any atom is -0.497 e. The van der Waals surface area contributed by atoms with Crippen LogP contribution < -0.4 is 10.3 Å². The van der Waals surface area contributed by atoms with E-state index in [1.807, 2.05) is 31.2 Å². The molecule has 1 aliphatic carbocycles. The van der Waals surface area contributed by atoms with Crippen LogP contribution in [0, 0.1) is 5.92 Å². The molecule has 1 aromatic carbocycles. The summed E-state index contributed by atoms with van der Waals surface area (Å²) in [4.78, 5) is 22.8.